The molecule has 0 saturated heterocycles. The molecule has 0 aliphatic rings. The summed E-state index contributed by atoms with van der Waals surface area (Å²) in [6.45, 7) is 2.08. The van der Waals surface area contributed by atoms with Crippen LogP contribution in [0.25, 0.3) is 0 Å². The molecular weight excluding hydrogens is 216 g/mol. The van der Waals surface area contributed by atoms with Gasteiger partial charge in [0, 0.05) is 0 Å². The quantitative estimate of drug-likeness (QED) is 0.593. The molecule has 84 valence electrons. The fourth-order valence-electron chi connectivity index (χ4n) is 1.15. The van der Waals surface area contributed by atoms with Crippen LogP contribution in [0.4, 0.5) is 0 Å². The monoisotopic (exact) mass is 230 g/mol. The van der Waals surface area contributed by atoms with Gasteiger partial charge in [0.2, 0.25) is 0 Å². The van der Waals surface area contributed by atoms with Gasteiger partial charge >= 0.3 is 5.97 Å². The minimum Gasteiger partial charge on any atom is -0.468 e. The second kappa shape index (κ2) is 5.69. The molecule has 1 rings (SSSR count). The van der Waals surface area contributed by atoms with Crippen molar-refractivity contribution in [3.63, 3.8) is 0 Å². The van der Waals surface area contributed by atoms with E-state index in [4.69, 9.17) is 0 Å². The van der Waals surface area contributed by atoms with Crippen molar-refractivity contribution in [3.8, 4) is 0 Å². The molecule has 0 N–H and O–H groups in total. The summed E-state index contributed by atoms with van der Waals surface area (Å²) in [5, 5.41) is 11.0. The van der Waals surface area contributed by atoms with Gasteiger partial charge in [-0.15, -0.1) is 5.10 Å². The summed E-state index contributed by atoms with van der Waals surface area (Å²) in [6, 6.07) is 0. The first-order chi connectivity index (χ1) is 7.19. The second-order valence-electron chi connectivity index (χ2n) is 3.08. The van der Waals surface area contributed by atoms with E-state index in [-0.39, 0.29) is 17.8 Å². The lowest BCUT2D eigenvalue weighted by Crippen LogP contribution is -2.16. The molecule has 0 bridgehead atoms. The molecule has 6 nitrogen and oxygen atoms in total. The third kappa shape index (κ3) is 3.19. The van der Waals surface area contributed by atoms with Crippen LogP contribution < -0.4 is 0 Å². The third-order valence-electron chi connectivity index (χ3n) is 1.93. The van der Waals surface area contributed by atoms with Crippen LogP contribution in [0.5, 0.6) is 0 Å². The summed E-state index contributed by atoms with van der Waals surface area (Å²) < 4.78 is 5.95. The molecule has 0 aliphatic carbocycles. The van der Waals surface area contributed by atoms with Crippen LogP contribution >= 0.6 is 12.6 Å². The Morgan fingerprint density at radius 1 is 1.67 bits per heavy atom. The van der Waals surface area contributed by atoms with Crippen LogP contribution in [0, 0.1) is 0 Å². The zero-order valence-corrected chi connectivity index (χ0v) is 9.65. The molecule has 15 heavy (non-hydrogen) atoms. The van der Waals surface area contributed by atoms with Crippen molar-refractivity contribution >= 4 is 18.6 Å². The lowest BCUT2D eigenvalue weighted by molar-refractivity contribution is -0.141. The summed E-state index contributed by atoms with van der Waals surface area (Å²) in [5.74, 6) is 0.228. The van der Waals surface area contributed by atoms with Gasteiger partial charge in [0.25, 0.3) is 0 Å². The van der Waals surface area contributed by atoms with Gasteiger partial charge in [-0.25, -0.2) is 4.68 Å². The van der Waals surface area contributed by atoms with Gasteiger partial charge in [0.15, 0.2) is 5.82 Å². The first-order valence-electron chi connectivity index (χ1n) is 4.70. The highest BCUT2D eigenvalue weighted by molar-refractivity contribution is 7.80. The van der Waals surface area contributed by atoms with Crippen LogP contribution in [-0.4, -0.2) is 33.3 Å². The maximum Gasteiger partial charge on any atom is 0.327 e. The SMILES string of the molecule is CCCC(S)c1nnnn1CC(=O)OC. The van der Waals surface area contributed by atoms with Crippen LogP contribution in [0.2, 0.25) is 0 Å². The Kier molecular flexibility index (Phi) is 4.54. The van der Waals surface area contributed by atoms with Crippen molar-refractivity contribution in [3.05, 3.63) is 5.82 Å². The fraction of sp³-hybridized carbons (Fsp3) is 0.750. The van der Waals surface area contributed by atoms with Gasteiger partial charge in [-0.1, -0.05) is 13.3 Å². The van der Waals surface area contributed by atoms with Crippen LogP contribution in [-0.2, 0) is 16.1 Å². The molecule has 1 heterocycles. The van der Waals surface area contributed by atoms with E-state index in [1.165, 1.54) is 11.8 Å². The fourth-order valence-corrected chi connectivity index (χ4v) is 1.60. The van der Waals surface area contributed by atoms with E-state index < -0.39 is 0 Å². The number of carbonyl (C=O) groups excluding carboxylic acids is 1. The van der Waals surface area contributed by atoms with Gasteiger partial charge < -0.3 is 4.74 Å². The number of hydrogen-bond acceptors (Lipinski definition) is 6. The summed E-state index contributed by atoms with van der Waals surface area (Å²) in [5.41, 5.74) is 0. The van der Waals surface area contributed by atoms with Crippen molar-refractivity contribution in [2.75, 3.05) is 7.11 Å². The number of aromatic nitrogens is 4. The molecule has 7 heteroatoms. The highest BCUT2D eigenvalue weighted by atomic mass is 32.1. The van der Waals surface area contributed by atoms with Gasteiger partial charge in [-0.2, -0.15) is 12.6 Å². The Morgan fingerprint density at radius 3 is 3.00 bits per heavy atom. The van der Waals surface area contributed by atoms with Crippen molar-refractivity contribution < 1.29 is 9.53 Å². The summed E-state index contributed by atoms with van der Waals surface area (Å²) in [4.78, 5) is 11.0. The van der Waals surface area contributed by atoms with Crippen LogP contribution in [0.1, 0.15) is 30.8 Å². The van der Waals surface area contributed by atoms with Crippen molar-refractivity contribution in [2.45, 2.75) is 31.6 Å². The molecule has 1 aromatic rings. The number of carbonyl (C=O) groups is 1. The topological polar surface area (TPSA) is 69.9 Å². The maximum absolute atomic E-state index is 11.0. The van der Waals surface area contributed by atoms with Crippen LogP contribution in [0.15, 0.2) is 0 Å². The molecule has 1 unspecified atom stereocenters. The predicted molar refractivity (Wildman–Crippen MR) is 56.5 cm³/mol. The highest BCUT2D eigenvalue weighted by Crippen LogP contribution is 2.21. The number of esters is 1. The normalized spacial score (nSPS) is 12.5. The van der Waals surface area contributed by atoms with Gasteiger partial charge in [0.1, 0.15) is 6.54 Å². The Balaban J connectivity index is 2.72. The molecule has 0 aromatic carbocycles. The minimum absolute atomic E-state index is 0.0274. The molecule has 0 saturated carbocycles. The zero-order valence-electron chi connectivity index (χ0n) is 8.75. The van der Waals surface area contributed by atoms with Crippen molar-refractivity contribution in [1.82, 2.24) is 20.2 Å². The average Bonchev–Trinajstić information content (AvgIpc) is 2.66. The Labute approximate surface area is 93.4 Å². The van der Waals surface area contributed by atoms with E-state index in [0.29, 0.717) is 5.82 Å². The van der Waals surface area contributed by atoms with Gasteiger partial charge in [-0.05, 0) is 16.8 Å². The summed E-state index contributed by atoms with van der Waals surface area (Å²) >= 11 is 4.37. The zero-order chi connectivity index (χ0) is 11.3. The molecule has 0 amide bonds. The molecule has 0 radical (unpaired) electrons. The largest absolute Gasteiger partial charge is 0.468 e. The number of nitrogens with zero attached hydrogens (tertiary/aromatic N) is 4. The number of rotatable bonds is 5. The molecule has 0 fully saturated rings. The Morgan fingerprint density at radius 2 is 2.40 bits per heavy atom. The Bertz CT molecular complexity index is 328. The molecule has 0 aliphatic heterocycles. The van der Waals surface area contributed by atoms with E-state index in [1.807, 2.05) is 0 Å². The van der Waals surface area contributed by atoms with E-state index in [2.05, 4.69) is 39.8 Å². The summed E-state index contributed by atoms with van der Waals surface area (Å²) in [6.07, 6.45) is 1.85. The number of thiol groups is 1. The number of hydrogen-bond donors (Lipinski definition) is 1. The third-order valence-corrected chi connectivity index (χ3v) is 2.42. The average molecular weight is 230 g/mol. The Hall–Kier alpha value is -1.11. The maximum atomic E-state index is 11.0. The first-order valence-corrected chi connectivity index (χ1v) is 5.21. The standard InChI is InChI=1S/C8H14N4O2S/c1-3-4-6(15)8-9-10-11-12(8)5-7(13)14-2/h6,15H,3-5H2,1-2H3. The van der Waals surface area contributed by atoms with Gasteiger partial charge in [-0.3, -0.25) is 4.79 Å². The van der Waals surface area contributed by atoms with Crippen LogP contribution in [0.3, 0.4) is 0 Å². The van der Waals surface area contributed by atoms with E-state index >= 15 is 0 Å². The highest BCUT2D eigenvalue weighted by Gasteiger charge is 2.16. The molecule has 0 spiro atoms. The lowest BCUT2D eigenvalue weighted by atomic mass is 10.2. The van der Waals surface area contributed by atoms with E-state index in [1.54, 1.807) is 0 Å². The van der Waals surface area contributed by atoms with Crippen molar-refractivity contribution in [1.29, 1.82) is 0 Å². The summed E-state index contributed by atoms with van der Waals surface area (Å²) in [7, 11) is 1.33. The predicted octanol–water partition coefficient (Wildman–Crippen LogP) is 0.617. The first kappa shape index (κ1) is 12.0. The van der Waals surface area contributed by atoms with Crippen molar-refractivity contribution in [2.24, 2.45) is 0 Å². The minimum atomic E-state index is -0.374. The van der Waals surface area contributed by atoms with E-state index in [0.717, 1.165) is 12.8 Å². The number of methoxy groups -OCH3 is 1. The molecule has 1 aromatic heterocycles. The smallest absolute Gasteiger partial charge is 0.327 e. The number of tetrazole rings is 1. The lowest BCUT2D eigenvalue weighted by Gasteiger charge is -2.08. The molecular formula is C8H14N4O2S. The molecule has 1 atom stereocenters. The number of ether oxygens (including phenoxy) is 1. The van der Waals surface area contributed by atoms with E-state index in [9.17, 15) is 4.79 Å². The van der Waals surface area contributed by atoms with Gasteiger partial charge in [0.05, 0.1) is 12.4 Å². The second-order valence-corrected chi connectivity index (χ2v) is 3.70.